The molecule has 0 radical (unpaired) electrons. The van der Waals surface area contributed by atoms with E-state index in [0.29, 0.717) is 0 Å². The first kappa shape index (κ1) is 19.1. The van der Waals surface area contributed by atoms with Crippen LogP contribution in [0.5, 0.6) is 0 Å². The molecule has 158 valence electrons. The molecule has 0 bridgehead atoms. The zero-order valence-corrected chi connectivity index (χ0v) is 20.0. The Hall–Kier alpha value is -3.36. The Kier molecular flexibility index (Phi) is 3.82. The first-order valence-corrected chi connectivity index (χ1v) is 12.1. The molecule has 2 aliphatic rings. The first-order valence-electron chi connectivity index (χ1n) is 11.4. The van der Waals surface area contributed by atoms with Crippen molar-refractivity contribution in [2.24, 2.45) is 0 Å². The van der Waals surface area contributed by atoms with Crippen molar-refractivity contribution >= 4 is 43.4 Å². The van der Waals surface area contributed by atoms with E-state index in [-0.39, 0.29) is 5.41 Å². The third-order valence-corrected chi connectivity index (χ3v) is 8.02. The summed E-state index contributed by atoms with van der Waals surface area (Å²) >= 11 is 3.63. The molecule has 0 fully saturated rings. The van der Waals surface area contributed by atoms with Gasteiger partial charge in [0.25, 0.3) is 0 Å². The van der Waals surface area contributed by atoms with Crippen LogP contribution in [0.2, 0.25) is 0 Å². The van der Waals surface area contributed by atoms with Crippen LogP contribution in [0.15, 0.2) is 105 Å². The highest BCUT2D eigenvalue weighted by molar-refractivity contribution is 9.10. The Morgan fingerprint density at radius 3 is 2.30 bits per heavy atom. The second kappa shape index (κ2) is 6.59. The van der Waals surface area contributed by atoms with Crippen molar-refractivity contribution in [3.05, 3.63) is 123 Å². The molecule has 4 aromatic carbocycles. The van der Waals surface area contributed by atoms with Crippen LogP contribution in [-0.2, 0) is 5.41 Å². The van der Waals surface area contributed by atoms with Gasteiger partial charge in [0.2, 0.25) is 0 Å². The fourth-order valence-corrected chi connectivity index (χ4v) is 6.65. The van der Waals surface area contributed by atoms with E-state index < -0.39 is 0 Å². The van der Waals surface area contributed by atoms with Crippen molar-refractivity contribution in [3.63, 3.8) is 0 Å². The van der Waals surface area contributed by atoms with Gasteiger partial charge in [-0.3, -0.25) is 0 Å². The Bertz CT molecular complexity index is 1700. The van der Waals surface area contributed by atoms with Gasteiger partial charge in [0.05, 0.1) is 5.41 Å². The molecule has 0 aliphatic heterocycles. The molecule has 33 heavy (non-hydrogen) atoms. The summed E-state index contributed by atoms with van der Waals surface area (Å²) < 4.78 is 7.62. The highest BCUT2D eigenvalue weighted by Gasteiger charge is 2.51. The fraction of sp³-hybridized carbons (Fsp3) is 0.0968. The molecule has 1 spiro atoms. The summed E-state index contributed by atoms with van der Waals surface area (Å²) in [6.45, 7) is 4.40. The molecule has 1 nitrogen and oxygen atoms in total. The maximum Gasteiger partial charge on any atom is 0.143 e. The average molecular weight is 489 g/mol. The van der Waals surface area contributed by atoms with Crippen LogP contribution in [0.3, 0.4) is 0 Å². The van der Waals surface area contributed by atoms with E-state index in [4.69, 9.17) is 4.42 Å². The normalized spacial score (nSPS) is 18.6. The molecule has 0 N–H and O–H groups in total. The lowest BCUT2D eigenvalue weighted by Crippen LogP contribution is -2.26. The topological polar surface area (TPSA) is 13.1 Å². The Morgan fingerprint density at radius 2 is 1.52 bits per heavy atom. The van der Waals surface area contributed by atoms with Crippen LogP contribution in [0, 0.1) is 0 Å². The van der Waals surface area contributed by atoms with Crippen molar-refractivity contribution in [2.45, 2.75) is 19.3 Å². The predicted octanol–water partition coefficient (Wildman–Crippen LogP) is 9.03. The van der Waals surface area contributed by atoms with Crippen LogP contribution in [0.1, 0.15) is 36.1 Å². The molecule has 1 unspecified atom stereocenters. The molecule has 0 saturated carbocycles. The molecular formula is C31H21BrO. The predicted molar refractivity (Wildman–Crippen MR) is 141 cm³/mol. The SMILES string of the molecule is C/C=C\C1=C(C)C2(c3ccccc31)c1ccccc1-c1c2ccc2c1oc1ccc(Br)cc12. The number of furan rings is 1. The van der Waals surface area contributed by atoms with Gasteiger partial charge in [0, 0.05) is 20.8 Å². The van der Waals surface area contributed by atoms with Gasteiger partial charge in [-0.1, -0.05) is 88.7 Å². The van der Waals surface area contributed by atoms with Crippen molar-refractivity contribution in [1.82, 2.24) is 0 Å². The summed E-state index contributed by atoms with van der Waals surface area (Å²) in [5, 5.41) is 2.31. The lowest BCUT2D eigenvalue weighted by Gasteiger charge is -2.31. The number of hydrogen-bond acceptors (Lipinski definition) is 1. The second-order valence-electron chi connectivity index (χ2n) is 8.99. The number of hydrogen-bond donors (Lipinski definition) is 0. The molecule has 1 aromatic heterocycles. The van der Waals surface area contributed by atoms with Crippen LogP contribution < -0.4 is 0 Å². The lowest BCUT2D eigenvalue weighted by atomic mass is 9.70. The minimum atomic E-state index is -0.300. The number of benzene rings is 4. The molecule has 2 aliphatic carbocycles. The molecule has 2 heteroatoms. The Morgan fingerprint density at radius 1 is 0.788 bits per heavy atom. The van der Waals surface area contributed by atoms with Gasteiger partial charge in [-0.15, -0.1) is 0 Å². The van der Waals surface area contributed by atoms with E-state index in [1.807, 2.05) is 6.07 Å². The third kappa shape index (κ3) is 2.22. The quantitative estimate of drug-likeness (QED) is 0.229. The first-order chi connectivity index (χ1) is 16.2. The highest BCUT2D eigenvalue weighted by Crippen LogP contribution is 2.63. The molecule has 1 heterocycles. The number of halogens is 1. The number of fused-ring (bicyclic) bond motifs is 11. The van der Waals surface area contributed by atoms with Crippen molar-refractivity contribution in [3.8, 4) is 11.1 Å². The maximum atomic E-state index is 6.56. The summed E-state index contributed by atoms with van der Waals surface area (Å²) in [6, 6.07) is 28.6. The van der Waals surface area contributed by atoms with E-state index >= 15 is 0 Å². The minimum Gasteiger partial charge on any atom is -0.455 e. The molecule has 0 saturated heterocycles. The smallest absolute Gasteiger partial charge is 0.143 e. The fourth-order valence-electron chi connectivity index (χ4n) is 6.29. The zero-order valence-electron chi connectivity index (χ0n) is 18.4. The second-order valence-corrected chi connectivity index (χ2v) is 9.90. The van der Waals surface area contributed by atoms with E-state index in [1.165, 1.54) is 49.9 Å². The van der Waals surface area contributed by atoms with Crippen molar-refractivity contribution in [1.29, 1.82) is 0 Å². The lowest BCUT2D eigenvalue weighted by molar-refractivity contribution is 0.669. The largest absolute Gasteiger partial charge is 0.455 e. The van der Waals surface area contributed by atoms with Gasteiger partial charge in [0.1, 0.15) is 11.2 Å². The average Bonchev–Trinajstić information content (AvgIpc) is 3.43. The monoisotopic (exact) mass is 488 g/mol. The van der Waals surface area contributed by atoms with Crippen LogP contribution in [0.4, 0.5) is 0 Å². The van der Waals surface area contributed by atoms with E-state index in [2.05, 4.69) is 115 Å². The Labute approximate surface area is 201 Å². The standard InChI is InChI=1S/C31H21BrO/c1-3-8-20-18(2)31(25-11-6-4-9-21(20)25)26-12-7-5-10-23(26)29-27(31)15-14-22-24-17-19(32)13-16-28(24)33-30(22)29/h3-17H,1-2H3/b8-3-. The van der Waals surface area contributed by atoms with Gasteiger partial charge in [0.15, 0.2) is 0 Å². The summed E-state index contributed by atoms with van der Waals surface area (Å²) in [5.74, 6) is 0. The van der Waals surface area contributed by atoms with Crippen LogP contribution in [0.25, 0.3) is 38.6 Å². The number of rotatable bonds is 1. The van der Waals surface area contributed by atoms with Gasteiger partial charge in [-0.25, -0.2) is 0 Å². The molecular weight excluding hydrogens is 468 g/mol. The molecule has 5 aromatic rings. The zero-order chi connectivity index (χ0) is 22.3. The highest BCUT2D eigenvalue weighted by atomic mass is 79.9. The Balaban J connectivity index is 1.69. The molecule has 7 rings (SSSR count). The molecule has 1 atom stereocenters. The van der Waals surface area contributed by atoms with Crippen molar-refractivity contribution in [2.75, 3.05) is 0 Å². The van der Waals surface area contributed by atoms with Crippen LogP contribution in [-0.4, -0.2) is 0 Å². The van der Waals surface area contributed by atoms with Gasteiger partial charge < -0.3 is 4.42 Å². The third-order valence-electron chi connectivity index (χ3n) is 7.53. The summed E-state index contributed by atoms with van der Waals surface area (Å²) in [6.07, 6.45) is 4.41. The number of allylic oxidation sites excluding steroid dienone is 4. The van der Waals surface area contributed by atoms with E-state index in [0.717, 1.165) is 21.0 Å². The minimum absolute atomic E-state index is 0.300. The van der Waals surface area contributed by atoms with Gasteiger partial charge in [-0.05, 0) is 71.0 Å². The van der Waals surface area contributed by atoms with Gasteiger partial charge >= 0.3 is 0 Å². The van der Waals surface area contributed by atoms with Crippen molar-refractivity contribution < 1.29 is 4.42 Å². The van der Waals surface area contributed by atoms with E-state index in [1.54, 1.807) is 0 Å². The maximum absolute atomic E-state index is 6.56. The van der Waals surface area contributed by atoms with E-state index in [9.17, 15) is 0 Å². The van der Waals surface area contributed by atoms with Gasteiger partial charge in [-0.2, -0.15) is 0 Å². The molecule has 0 amide bonds. The summed E-state index contributed by atoms with van der Waals surface area (Å²) in [5.41, 5.74) is 12.2. The summed E-state index contributed by atoms with van der Waals surface area (Å²) in [7, 11) is 0. The van der Waals surface area contributed by atoms with Crippen LogP contribution >= 0.6 is 15.9 Å². The summed E-state index contributed by atoms with van der Waals surface area (Å²) in [4.78, 5) is 0.